The molecule has 154 valence electrons. The molecule has 2 fully saturated rings. The number of hydrogen-bond acceptors (Lipinski definition) is 7. The second-order valence-corrected chi connectivity index (χ2v) is 7.69. The van der Waals surface area contributed by atoms with Crippen LogP contribution in [0.3, 0.4) is 0 Å². The lowest BCUT2D eigenvalue weighted by molar-refractivity contribution is -0.135. The van der Waals surface area contributed by atoms with Crippen LogP contribution in [-0.4, -0.2) is 36.5 Å². The van der Waals surface area contributed by atoms with Crippen LogP contribution in [0.25, 0.3) is 0 Å². The number of nitrogens with one attached hydrogen (secondary N) is 1. The molecule has 1 saturated carbocycles. The molecule has 7 nitrogen and oxygen atoms in total. The molecular formula is C20H22FN3O4S. The highest BCUT2D eigenvalue weighted by Crippen LogP contribution is 2.24. The van der Waals surface area contributed by atoms with E-state index >= 15 is 0 Å². The molecule has 0 radical (unpaired) electrons. The van der Waals surface area contributed by atoms with Gasteiger partial charge in [0.05, 0.1) is 30.9 Å². The molecule has 0 bridgehead atoms. The molecule has 1 amide bonds. The van der Waals surface area contributed by atoms with Gasteiger partial charge >= 0.3 is 5.97 Å². The van der Waals surface area contributed by atoms with Crippen LogP contribution in [0.1, 0.15) is 43.2 Å². The molecule has 3 rings (SSSR count). The minimum atomic E-state index is -0.629. The lowest BCUT2D eigenvalue weighted by Crippen LogP contribution is -2.19. The predicted molar refractivity (Wildman–Crippen MR) is 109 cm³/mol. The number of hydrogen-bond donors (Lipinski definition) is 1. The zero-order chi connectivity index (χ0) is 20.6. The molecule has 1 N–H and O–H groups in total. The zero-order valence-electron chi connectivity index (χ0n) is 16.0. The minimum Gasteiger partial charge on any atom is -0.466 e. The lowest BCUT2D eigenvalue weighted by atomic mass is 9.98. The van der Waals surface area contributed by atoms with Crippen LogP contribution in [0, 0.1) is 5.82 Å². The van der Waals surface area contributed by atoms with E-state index in [-0.39, 0.29) is 28.6 Å². The van der Waals surface area contributed by atoms with Gasteiger partial charge in [-0.2, -0.15) is 5.10 Å². The average molecular weight is 419 g/mol. The summed E-state index contributed by atoms with van der Waals surface area (Å²) < 4.78 is 24.6. The van der Waals surface area contributed by atoms with Crippen LogP contribution in [-0.2, 0) is 25.7 Å². The largest absolute Gasteiger partial charge is 0.466 e. The van der Waals surface area contributed by atoms with Gasteiger partial charge in [-0.25, -0.2) is 9.18 Å². The van der Waals surface area contributed by atoms with Crippen LogP contribution in [0.2, 0.25) is 0 Å². The van der Waals surface area contributed by atoms with Crippen LogP contribution in [0.4, 0.5) is 4.39 Å². The standard InChI is InChI=1S/C20H22FN3O4S/c1-27-18(25)10-17-19(26)23-20(29-17)24-22-11-13-7-8-14(16(21)9-13)12-28-15-5-3-2-4-6-15/h7-11,15H,2-6,12H2,1H3,(H,23,24,26)/b17-10+,22-11?. The van der Waals surface area contributed by atoms with Crippen molar-refractivity contribution in [1.82, 2.24) is 5.32 Å². The monoisotopic (exact) mass is 419 g/mol. The number of carbonyl (C=O) groups excluding carboxylic acids is 2. The predicted octanol–water partition coefficient (Wildman–Crippen LogP) is 3.28. The Hall–Kier alpha value is -2.52. The van der Waals surface area contributed by atoms with Gasteiger partial charge in [0.2, 0.25) is 0 Å². The van der Waals surface area contributed by atoms with Gasteiger partial charge in [0.1, 0.15) is 5.82 Å². The fraction of sp³-hybridized carbons (Fsp3) is 0.400. The molecule has 0 aromatic heterocycles. The summed E-state index contributed by atoms with van der Waals surface area (Å²) in [6.07, 6.45) is 8.35. The van der Waals surface area contributed by atoms with E-state index in [1.54, 1.807) is 12.1 Å². The first-order chi connectivity index (χ1) is 14.0. The zero-order valence-corrected chi connectivity index (χ0v) is 16.8. The fourth-order valence-electron chi connectivity index (χ4n) is 2.99. The van der Waals surface area contributed by atoms with Crippen molar-refractivity contribution in [3.05, 3.63) is 46.1 Å². The number of benzene rings is 1. The number of carbonyl (C=O) groups is 2. The van der Waals surface area contributed by atoms with E-state index in [1.165, 1.54) is 38.7 Å². The van der Waals surface area contributed by atoms with Crippen LogP contribution in [0.15, 0.2) is 39.4 Å². The van der Waals surface area contributed by atoms with Gasteiger partial charge in [-0.15, -0.1) is 5.10 Å². The van der Waals surface area contributed by atoms with Gasteiger partial charge in [0.25, 0.3) is 5.91 Å². The Bertz CT molecular complexity index is 863. The molecule has 1 aliphatic carbocycles. The third-order valence-electron chi connectivity index (χ3n) is 4.56. The van der Waals surface area contributed by atoms with E-state index < -0.39 is 11.9 Å². The molecule has 0 unspecified atom stereocenters. The van der Waals surface area contributed by atoms with E-state index in [0.29, 0.717) is 11.1 Å². The highest BCUT2D eigenvalue weighted by atomic mass is 32.2. The van der Waals surface area contributed by atoms with Crippen LogP contribution in [0.5, 0.6) is 0 Å². The van der Waals surface area contributed by atoms with Crippen molar-refractivity contribution in [3.63, 3.8) is 0 Å². The Morgan fingerprint density at radius 3 is 2.86 bits per heavy atom. The number of methoxy groups -OCH3 is 1. The number of halogens is 1. The van der Waals surface area contributed by atoms with Gasteiger partial charge in [-0.3, -0.25) is 10.1 Å². The molecule has 29 heavy (non-hydrogen) atoms. The molecule has 1 aromatic rings. The average Bonchev–Trinajstić information content (AvgIpc) is 3.07. The second kappa shape index (κ2) is 10.3. The number of amides is 1. The summed E-state index contributed by atoms with van der Waals surface area (Å²) in [6.45, 7) is 0.258. The van der Waals surface area contributed by atoms with Gasteiger partial charge in [0, 0.05) is 11.6 Å². The highest BCUT2D eigenvalue weighted by Gasteiger charge is 2.25. The summed E-state index contributed by atoms with van der Waals surface area (Å²) in [5.74, 6) is -1.44. The molecule has 1 heterocycles. The SMILES string of the molecule is COC(=O)/C=C1/S/C(=N\N=Cc2ccc(COC3CCCCC3)c(F)c2)NC1=O. The summed E-state index contributed by atoms with van der Waals surface area (Å²) in [6, 6.07) is 4.78. The van der Waals surface area contributed by atoms with Gasteiger partial charge in [0.15, 0.2) is 5.17 Å². The third kappa shape index (κ3) is 6.23. The summed E-state index contributed by atoms with van der Waals surface area (Å²) in [5.41, 5.74) is 1.04. The van der Waals surface area contributed by atoms with Gasteiger partial charge < -0.3 is 9.47 Å². The number of amidine groups is 1. The first-order valence-corrected chi connectivity index (χ1v) is 10.2. The van der Waals surface area contributed by atoms with E-state index in [0.717, 1.165) is 30.7 Å². The van der Waals surface area contributed by atoms with Crippen molar-refractivity contribution in [2.24, 2.45) is 10.2 Å². The minimum absolute atomic E-state index is 0.166. The number of nitrogens with zero attached hydrogens (tertiary/aromatic N) is 2. The molecule has 1 saturated heterocycles. The smallest absolute Gasteiger partial charge is 0.331 e. The third-order valence-corrected chi connectivity index (χ3v) is 5.46. The highest BCUT2D eigenvalue weighted by molar-refractivity contribution is 8.18. The van der Waals surface area contributed by atoms with E-state index in [1.807, 2.05) is 0 Å². The van der Waals surface area contributed by atoms with E-state index in [4.69, 9.17) is 4.74 Å². The van der Waals surface area contributed by atoms with Crippen molar-refractivity contribution >= 4 is 35.0 Å². The Morgan fingerprint density at radius 2 is 2.14 bits per heavy atom. The van der Waals surface area contributed by atoms with Crippen molar-refractivity contribution in [3.8, 4) is 0 Å². The van der Waals surface area contributed by atoms with Crippen molar-refractivity contribution < 1.29 is 23.5 Å². The molecule has 1 aliphatic heterocycles. The fourth-order valence-corrected chi connectivity index (χ4v) is 3.73. The van der Waals surface area contributed by atoms with Crippen LogP contribution >= 0.6 is 11.8 Å². The van der Waals surface area contributed by atoms with Crippen molar-refractivity contribution in [2.45, 2.75) is 44.8 Å². The maximum atomic E-state index is 14.3. The van der Waals surface area contributed by atoms with Gasteiger partial charge in [-0.1, -0.05) is 31.4 Å². The van der Waals surface area contributed by atoms with E-state index in [9.17, 15) is 14.0 Å². The van der Waals surface area contributed by atoms with Crippen molar-refractivity contribution in [2.75, 3.05) is 7.11 Å². The second-order valence-electron chi connectivity index (χ2n) is 6.66. The Kier molecular flexibility index (Phi) is 7.54. The maximum Gasteiger partial charge on any atom is 0.331 e. The number of rotatable bonds is 6. The first-order valence-electron chi connectivity index (χ1n) is 9.35. The molecule has 9 heteroatoms. The molecule has 1 aromatic carbocycles. The Labute approximate surface area is 172 Å². The number of ether oxygens (including phenoxy) is 2. The summed E-state index contributed by atoms with van der Waals surface area (Å²) in [4.78, 5) is 23.1. The van der Waals surface area contributed by atoms with E-state index in [2.05, 4.69) is 20.3 Å². The summed E-state index contributed by atoms with van der Waals surface area (Å²) in [7, 11) is 1.22. The summed E-state index contributed by atoms with van der Waals surface area (Å²) >= 11 is 0.969. The quantitative estimate of drug-likeness (QED) is 0.331. The number of esters is 1. The van der Waals surface area contributed by atoms with Crippen molar-refractivity contribution in [1.29, 1.82) is 0 Å². The first kappa shape index (κ1) is 21.2. The molecular weight excluding hydrogens is 397 g/mol. The Balaban J connectivity index is 1.56. The summed E-state index contributed by atoms with van der Waals surface area (Å²) in [5, 5.41) is 10.5. The Morgan fingerprint density at radius 1 is 1.34 bits per heavy atom. The molecule has 0 atom stereocenters. The molecule has 2 aliphatic rings. The lowest BCUT2D eigenvalue weighted by Gasteiger charge is -2.22. The topological polar surface area (TPSA) is 89.3 Å². The number of thioether (sulfide) groups is 1. The maximum absolute atomic E-state index is 14.3. The normalized spacial score (nSPS) is 20.6. The molecule has 0 spiro atoms. The van der Waals surface area contributed by atoms with Crippen LogP contribution < -0.4 is 5.32 Å². The van der Waals surface area contributed by atoms with Gasteiger partial charge in [-0.05, 0) is 36.2 Å².